The van der Waals surface area contributed by atoms with Gasteiger partial charge < -0.3 is 20.9 Å². The molecule has 5 rings (SSSR count). The van der Waals surface area contributed by atoms with Crippen molar-refractivity contribution in [2.75, 3.05) is 30.7 Å². The van der Waals surface area contributed by atoms with E-state index in [2.05, 4.69) is 37.4 Å². The van der Waals surface area contributed by atoms with Crippen LogP contribution in [0.15, 0.2) is 42.7 Å². The van der Waals surface area contributed by atoms with Crippen LogP contribution in [0.3, 0.4) is 0 Å². The topological polar surface area (TPSA) is 126 Å². The molecule has 1 saturated heterocycles. The van der Waals surface area contributed by atoms with Crippen LogP contribution in [-0.2, 0) is 14.4 Å². The second kappa shape index (κ2) is 11.3. The molecular weight excluding hydrogens is 611 g/mol. The maximum Gasteiger partial charge on any atom is 0.314 e. The second-order valence-electron chi connectivity index (χ2n) is 9.37. The molecule has 13 heteroatoms. The number of pyridine rings is 1. The van der Waals surface area contributed by atoms with E-state index >= 15 is 0 Å². The summed E-state index contributed by atoms with van der Waals surface area (Å²) >= 11 is 2.17. The molecule has 3 N–H and O–H groups in total. The van der Waals surface area contributed by atoms with Crippen LogP contribution < -0.4 is 11.1 Å². The van der Waals surface area contributed by atoms with Crippen LogP contribution in [0.2, 0.25) is 0 Å². The fourth-order valence-corrected chi connectivity index (χ4v) is 5.67. The first-order valence-corrected chi connectivity index (χ1v) is 15.8. The van der Waals surface area contributed by atoms with Crippen molar-refractivity contribution < 1.29 is 18.8 Å². The molecule has 0 radical (unpaired) electrons. The van der Waals surface area contributed by atoms with Crippen molar-refractivity contribution in [2.45, 2.75) is 32.7 Å². The average Bonchev–Trinajstić information content (AvgIpc) is 3.49. The normalized spacial score (nSPS) is 18.4. The number of carbonyl (C=O) groups excluding carboxylic acids is 3. The fraction of sp³-hybridized carbons (Fsp3) is 0.375. The number of nitrogens with two attached hydrogens (primary N) is 1. The molecule has 2 unspecified atom stereocenters. The Balaban J connectivity index is 0.000000396. The number of carbonyl (C=O) groups is 3. The number of nitrogens with zero attached hydrogens (tertiary/aromatic N) is 5. The monoisotopic (exact) mass is 639 g/mol. The van der Waals surface area contributed by atoms with Gasteiger partial charge in [-0.2, -0.15) is 5.10 Å². The molecular formula is C24H28FIN7O3P. The zero-order chi connectivity index (χ0) is 26.7. The molecule has 1 aliphatic heterocycles. The lowest BCUT2D eigenvalue weighted by atomic mass is 10.1. The van der Waals surface area contributed by atoms with Crippen LogP contribution in [0.5, 0.6) is 0 Å². The summed E-state index contributed by atoms with van der Waals surface area (Å²) in [7, 11) is 0. The molecule has 2 atom stereocenters. The average molecular weight is 639 g/mol. The van der Waals surface area contributed by atoms with Gasteiger partial charge in [0.2, 0.25) is 5.91 Å². The minimum atomic E-state index is -0.742. The van der Waals surface area contributed by atoms with Gasteiger partial charge in [0.05, 0.1) is 29.8 Å². The summed E-state index contributed by atoms with van der Waals surface area (Å²) in [5.41, 5.74) is 6.69. The first-order chi connectivity index (χ1) is 17.6. The van der Waals surface area contributed by atoms with E-state index in [0.717, 1.165) is 12.8 Å². The molecule has 0 spiro atoms. The zero-order valence-corrected chi connectivity index (χ0v) is 23.6. The van der Waals surface area contributed by atoms with E-state index < -0.39 is 11.8 Å². The van der Waals surface area contributed by atoms with Gasteiger partial charge in [0.25, 0.3) is 0 Å². The molecule has 0 bridgehead atoms. The van der Waals surface area contributed by atoms with Crippen molar-refractivity contribution in [1.82, 2.24) is 24.3 Å². The molecule has 3 aromatic rings. The van der Waals surface area contributed by atoms with Gasteiger partial charge in [-0.05, 0) is 53.9 Å². The number of hydrogen-bond acceptors (Lipinski definition) is 6. The molecule has 2 fully saturated rings. The largest absolute Gasteiger partial charge is 0.383 e. The molecule has 37 heavy (non-hydrogen) atoms. The molecule has 1 aliphatic carbocycles. The first-order valence-electron chi connectivity index (χ1n) is 11.8. The SMILES string of the molecule is CC1CN(C(=O)C(=O)Nc2cnc(N)c3cnn(PI)c23)CCN1C(=O)C1(C)CC1.Fc1ccccc1. The van der Waals surface area contributed by atoms with Gasteiger partial charge in [-0.3, -0.25) is 14.4 Å². The quantitative estimate of drug-likeness (QED) is 0.257. The Hall–Kier alpha value is -2.86. The molecule has 10 nitrogen and oxygen atoms in total. The summed E-state index contributed by atoms with van der Waals surface area (Å²) < 4.78 is 13.6. The summed E-state index contributed by atoms with van der Waals surface area (Å²) in [5, 5.41) is 7.54. The van der Waals surface area contributed by atoms with Crippen molar-refractivity contribution in [1.29, 1.82) is 0 Å². The van der Waals surface area contributed by atoms with Crippen molar-refractivity contribution in [3.05, 3.63) is 48.5 Å². The number of amides is 3. The van der Waals surface area contributed by atoms with E-state index in [4.69, 9.17) is 5.73 Å². The van der Waals surface area contributed by atoms with E-state index in [-0.39, 0.29) is 23.2 Å². The van der Waals surface area contributed by atoms with Gasteiger partial charge in [-0.25, -0.2) is 13.8 Å². The number of fused-ring (bicyclic) bond motifs is 1. The Morgan fingerprint density at radius 2 is 1.89 bits per heavy atom. The third kappa shape index (κ3) is 6.01. The highest BCUT2D eigenvalue weighted by molar-refractivity contribution is 14.2. The van der Waals surface area contributed by atoms with Crippen molar-refractivity contribution in [3.8, 4) is 0 Å². The fourth-order valence-electron chi connectivity index (χ4n) is 4.14. The van der Waals surface area contributed by atoms with Gasteiger partial charge in [0.15, 0.2) is 0 Å². The highest BCUT2D eigenvalue weighted by atomic mass is 127. The van der Waals surface area contributed by atoms with E-state index in [1.807, 2.05) is 18.7 Å². The maximum atomic E-state index is 12.8. The Morgan fingerprint density at radius 3 is 2.46 bits per heavy atom. The van der Waals surface area contributed by atoms with Crippen molar-refractivity contribution >= 4 is 68.5 Å². The van der Waals surface area contributed by atoms with Crippen LogP contribution in [0.4, 0.5) is 15.9 Å². The summed E-state index contributed by atoms with van der Waals surface area (Å²) in [5.74, 6) is -1.08. The molecule has 2 aromatic heterocycles. The van der Waals surface area contributed by atoms with Crippen LogP contribution >= 0.6 is 28.4 Å². The lowest BCUT2D eigenvalue weighted by Gasteiger charge is -2.40. The molecule has 1 aromatic carbocycles. The summed E-state index contributed by atoms with van der Waals surface area (Å²) in [6.07, 6.45) is 5.16. The number of rotatable bonds is 3. The molecule has 3 amide bonds. The summed E-state index contributed by atoms with van der Waals surface area (Å²) in [4.78, 5) is 45.5. The Labute approximate surface area is 228 Å². The van der Waals surface area contributed by atoms with E-state index in [0.29, 0.717) is 48.4 Å². The third-order valence-corrected chi connectivity index (χ3v) is 8.45. The Morgan fingerprint density at radius 1 is 1.19 bits per heavy atom. The lowest BCUT2D eigenvalue weighted by Crippen LogP contribution is -2.58. The lowest BCUT2D eigenvalue weighted by molar-refractivity contribution is -0.149. The number of anilines is 2. The standard InChI is InChI=1S/C18H23IN7O3P.C6H5F/c1-10-9-24(5-6-25(10)17(29)18(2)3-4-18)16(28)15(27)23-12-8-21-14(20)11-7-22-26(30-19)13(11)12;7-6-4-2-1-3-5-6/h7-8,10,30H,3-6,9H2,1-2H3,(H2,20,21)(H,23,27);1-5H. The number of benzene rings is 1. The zero-order valence-electron chi connectivity index (χ0n) is 20.4. The van der Waals surface area contributed by atoms with Gasteiger partial charge in [0, 0.05) is 31.1 Å². The van der Waals surface area contributed by atoms with Crippen molar-refractivity contribution in [2.24, 2.45) is 5.41 Å². The minimum Gasteiger partial charge on any atom is -0.383 e. The summed E-state index contributed by atoms with van der Waals surface area (Å²) in [6.45, 7) is 4.99. The first kappa shape index (κ1) is 27.2. The van der Waals surface area contributed by atoms with Crippen LogP contribution in [0.1, 0.15) is 26.7 Å². The smallest absolute Gasteiger partial charge is 0.314 e. The third-order valence-electron chi connectivity index (χ3n) is 6.58. The van der Waals surface area contributed by atoms with Crippen LogP contribution in [-0.4, -0.2) is 67.7 Å². The van der Waals surface area contributed by atoms with E-state index in [1.165, 1.54) is 23.2 Å². The second-order valence-corrected chi connectivity index (χ2v) is 11.4. The maximum absolute atomic E-state index is 12.8. The minimum absolute atomic E-state index is 0.132. The number of nitrogen functional groups attached to an aromatic ring is 1. The predicted octanol–water partition coefficient (Wildman–Crippen LogP) is 3.43. The van der Waals surface area contributed by atoms with Crippen molar-refractivity contribution in [3.63, 3.8) is 0 Å². The number of halogens is 2. The number of hydrogen-bond donors (Lipinski definition) is 2. The number of aromatic nitrogens is 3. The highest BCUT2D eigenvalue weighted by Gasteiger charge is 2.48. The predicted molar refractivity (Wildman–Crippen MR) is 150 cm³/mol. The molecule has 196 valence electrons. The Kier molecular flexibility index (Phi) is 8.27. The van der Waals surface area contributed by atoms with Gasteiger partial charge >= 0.3 is 11.8 Å². The highest BCUT2D eigenvalue weighted by Crippen LogP contribution is 2.47. The van der Waals surface area contributed by atoms with Gasteiger partial charge in [-0.15, -0.1) is 0 Å². The molecule has 2 aliphatic rings. The van der Waals surface area contributed by atoms with Crippen LogP contribution in [0.25, 0.3) is 10.9 Å². The Bertz CT molecular complexity index is 1320. The summed E-state index contributed by atoms with van der Waals surface area (Å²) in [6, 6.07) is 7.81. The van der Waals surface area contributed by atoms with Gasteiger partial charge in [-0.1, -0.05) is 25.1 Å². The molecule has 1 saturated carbocycles. The number of piperazine rings is 1. The van der Waals surface area contributed by atoms with Gasteiger partial charge in [0.1, 0.15) is 17.2 Å². The van der Waals surface area contributed by atoms with E-state index in [1.54, 1.807) is 28.8 Å². The van der Waals surface area contributed by atoms with Crippen LogP contribution in [0, 0.1) is 11.2 Å². The molecule has 3 heterocycles. The van der Waals surface area contributed by atoms with E-state index in [9.17, 15) is 18.8 Å². The number of nitrogens with one attached hydrogen (secondary N) is 1.